The number of aryl methyl sites for hydroxylation is 1. The molecule has 4 N–H and O–H groups in total. The molecule has 9 nitrogen and oxygen atoms in total. The van der Waals surface area contributed by atoms with Crippen LogP contribution < -0.4 is 9.47 Å². The second-order valence-electron chi connectivity index (χ2n) is 15.8. The molecule has 0 saturated heterocycles. The number of aromatic hydroxyl groups is 4. The second kappa shape index (κ2) is 18.4. The number of hydrogen-bond acceptors (Lipinski definition) is 9. The van der Waals surface area contributed by atoms with Crippen LogP contribution in [0.25, 0.3) is 0 Å². The molecular formula is C49H54O9. The van der Waals surface area contributed by atoms with Crippen molar-refractivity contribution in [2.75, 3.05) is 13.7 Å². The molecule has 0 fully saturated rings. The van der Waals surface area contributed by atoms with Crippen LogP contribution in [0.1, 0.15) is 144 Å². The molecule has 0 spiro atoms. The number of carbonyl (C=O) groups is 3. The summed E-state index contributed by atoms with van der Waals surface area (Å²) in [4.78, 5) is 42.3. The number of allylic oxidation sites excluding steroid dienone is 5. The van der Waals surface area contributed by atoms with E-state index in [1.54, 1.807) is 37.3 Å². The van der Waals surface area contributed by atoms with Gasteiger partial charge >= 0.3 is 0 Å². The van der Waals surface area contributed by atoms with Crippen LogP contribution in [0, 0.1) is 12.8 Å². The number of rotatable bonds is 16. The zero-order valence-corrected chi connectivity index (χ0v) is 34.7. The van der Waals surface area contributed by atoms with E-state index in [1.165, 1.54) is 36.9 Å². The normalized spacial score (nSPS) is 13.3. The SMILES string of the molecule is COc1cc2c(c(O)c1C(CC(C)CCC=C(C)C)c1c(OC/C=C(\C)CCC=C(C)C)cc(O)c(C(=O)c3ccccc3)c1O)C(=O)c1c(O)cc(C)cc1C2=O. The molecule has 0 radical (unpaired) electrons. The number of benzene rings is 4. The summed E-state index contributed by atoms with van der Waals surface area (Å²) < 4.78 is 12.3. The van der Waals surface area contributed by atoms with Crippen LogP contribution in [0.4, 0.5) is 0 Å². The van der Waals surface area contributed by atoms with Gasteiger partial charge in [0.15, 0.2) is 5.78 Å². The fourth-order valence-corrected chi connectivity index (χ4v) is 7.61. The van der Waals surface area contributed by atoms with Crippen molar-refractivity contribution in [1.29, 1.82) is 0 Å². The van der Waals surface area contributed by atoms with Crippen molar-refractivity contribution in [2.45, 2.75) is 86.5 Å². The van der Waals surface area contributed by atoms with Crippen molar-refractivity contribution in [2.24, 2.45) is 5.92 Å². The molecule has 0 heterocycles. The van der Waals surface area contributed by atoms with Gasteiger partial charge in [-0.1, -0.05) is 66.1 Å². The minimum atomic E-state index is -1.02. The Kier molecular flexibility index (Phi) is 13.7. The number of fused-ring (bicyclic) bond motifs is 2. The monoisotopic (exact) mass is 786 g/mol. The highest BCUT2D eigenvalue weighted by molar-refractivity contribution is 6.30. The van der Waals surface area contributed by atoms with Crippen molar-refractivity contribution >= 4 is 17.3 Å². The Balaban J connectivity index is 1.78. The molecule has 0 aromatic heterocycles. The maximum atomic E-state index is 14.3. The molecule has 9 heteroatoms. The highest BCUT2D eigenvalue weighted by Gasteiger charge is 2.40. The van der Waals surface area contributed by atoms with E-state index >= 15 is 0 Å². The summed E-state index contributed by atoms with van der Waals surface area (Å²) in [6, 6.07) is 13.9. The van der Waals surface area contributed by atoms with E-state index in [0.717, 1.165) is 30.4 Å². The van der Waals surface area contributed by atoms with Crippen molar-refractivity contribution < 1.29 is 44.3 Å². The largest absolute Gasteiger partial charge is 0.507 e. The average molecular weight is 787 g/mol. The molecule has 1 aliphatic rings. The molecule has 0 saturated carbocycles. The molecule has 0 bridgehead atoms. The number of hydrogen-bond donors (Lipinski definition) is 4. The third-order valence-corrected chi connectivity index (χ3v) is 10.6. The van der Waals surface area contributed by atoms with Crippen LogP contribution in [-0.2, 0) is 0 Å². The first-order valence-electron chi connectivity index (χ1n) is 19.7. The third-order valence-electron chi connectivity index (χ3n) is 10.6. The van der Waals surface area contributed by atoms with Crippen molar-refractivity contribution in [3.05, 3.63) is 140 Å². The van der Waals surface area contributed by atoms with E-state index in [9.17, 15) is 34.8 Å². The van der Waals surface area contributed by atoms with Crippen LogP contribution in [0.3, 0.4) is 0 Å². The zero-order chi connectivity index (χ0) is 42.4. The van der Waals surface area contributed by atoms with E-state index in [1.807, 2.05) is 47.6 Å². The fourth-order valence-electron chi connectivity index (χ4n) is 7.61. The molecule has 2 atom stereocenters. The Bertz CT molecular complexity index is 2320. The summed E-state index contributed by atoms with van der Waals surface area (Å²) in [5.41, 5.74) is 3.40. The van der Waals surface area contributed by atoms with Crippen molar-refractivity contribution in [1.82, 2.24) is 0 Å². The van der Waals surface area contributed by atoms with E-state index < -0.39 is 40.5 Å². The number of phenolic OH excluding ortho intramolecular Hbond substituents is 4. The average Bonchev–Trinajstić information content (AvgIpc) is 3.15. The number of ether oxygens (including phenoxy) is 2. The third kappa shape index (κ3) is 9.20. The van der Waals surface area contributed by atoms with Gasteiger partial charge in [-0.15, -0.1) is 0 Å². The van der Waals surface area contributed by atoms with Crippen LogP contribution in [0.2, 0.25) is 0 Å². The predicted molar refractivity (Wildman–Crippen MR) is 226 cm³/mol. The van der Waals surface area contributed by atoms with Crippen LogP contribution >= 0.6 is 0 Å². The maximum absolute atomic E-state index is 14.3. The Morgan fingerprint density at radius 1 is 0.741 bits per heavy atom. The van der Waals surface area contributed by atoms with Gasteiger partial charge in [-0.2, -0.15) is 0 Å². The van der Waals surface area contributed by atoms with Gasteiger partial charge in [0.1, 0.15) is 46.7 Å². The lowest BCUT2D eigenvalue weighted by molar-refractivity contribution is 0.0973. The van der Waals surface area contributed by atoms with Gasteiger partial charge < -0.3 is 29.9 Å². The first-order valence-corrected chi connectivity index (χ1v) is 19.7. The highest BCUT2D eigenvalue weighted by Crippen LogP contribution is 2.53. The van der Waals surface area contributed by atoms with Gasteiger partial charge in [0, 0.05) is 39.8 Å². The lowest BCUT2D eigenvalue weighted by atomic mass is 9.76. The van der Waals surface area contributed by atoms with E-state index in [4.69, 9.17) is 9.47 Å². The summed E-state index contributed by atoms with van der Waals surface area (Å²) in [6.07, 6.45) is 9.50. The van der Waals surface area contributed by atoms with Gasteiger partial charge in [-0.05, 0) is 109 Å². The van der Waals surface area contributed by atoms with E-state index in [2.05, 4.69) is 12.2 Å². The molecule has 304 valence electrons. The van der Waals surface area contributed by atoms with E-state index in [-0.39, 0.29) is 80.7 Å². The number of phenols is 4. The Hall–Kier alpha value is -6.09. The topological polar surface area (TPSA) is 151 Å². The highest BCUT2D eigenvalue weighted by atomic mass is 16.5. The lowest BCUT2D eigenvalue weighted by Gasteiger charge is -2.30. The molecule has 2 unspecified atom stereocenters. The molecule has 0 aliphatic heterocycles. The van der Waals surface area contributed by atoms with Crippen molar-refractivity contribution in [3.63, 3.8) is 0 Å². The number of ketones is 3. The lowest BCUT2D eigenvalue weighted by Crippen LogP contribution is -2.23. The van der Waals surface area contributed by atoms with Crippen LogP contribution in [0.5, 0.6) is 34.5 Å². The van der Waals surface area contributed by atoms with E-state index in [0.29, 0.717) is 12.0 Å². The van der Waals surface area contributed by atoms with Gasteiger partial charge in [-0.3, -0.25) is 14.4 Å². The van der Waals surface area contributed by atoms with Crippen molar-refractivity contribution in [3.8, 4) is 34.5 Å². The molecule has 58 heavy (non-hydrogen) atoms. The first-order chi connectivity index (χ1) is 27.5. The number of carbonyl (C=O) groups excluding carboxylic acids is 3. The number of methoxy groups -OCH3 is 1. The summed E-state index contributed by atoms with van der Waals surface area (Å²) in [6.45, 7) is 13.9. The second-order valence-corrected chi connectivity index (χ2v) is 15.8. The smallest absolute Gasteiger partial charge is 0.201 e. The van der Waals surface area contributed by atoms with Crippen LogP contribution in [0.15, 0.2) is 89.5 Å². The minimum absolute atomic E-state index is 0.00813. The fraction of sp³-hybridized carbons (Fsp3) is 0.327. The standard InChI is InChI=1S/C49H54O9/c1-27(2)14-12-16-29(5)20-21-58-39-26-37(51)44(45(52)32-18-10-9-11-19-32)49(56)42(39)33(22-30(6)17-13-15-28(3)4)41-38(57-8)25-35-43(48(41)55)47(54)40-34(46(35)53)23-31(7)24-36(40)50/h9-11,14-15,18-20,23-26,30,33,50-51,55-56H,12-13,16-17,21-22H2,1-8H3/b29-20+. The maximum Gasteiger partial charge on any atom is 0.201 e. The Labute approximate surface area is 341 Å². The summed E-state index contributed by atoms with van der Waals surface area (Å²) in [7, 11) is 1.38. The Morgan fingerprint density at radius 2 is 1.38 bits per heavy atom. The summed E-state index contributed by atoms with van der Waals surface area (Å²) in [5.74, 6) is -4.98. The molecular weight excluding hydrogens is 733 g/mol. The summed E-state index contributed by atoms with van der Waals surface area (Å²) >= 11 is 0. The molecule has 1 aliphatic carbocycles. The van der Waals surface area contributed by atoms with Gasteiger partial charge in [-0.25, -0.2) is 0 Å². The molecule has 4 aromatic rings. The predicted octanol–water partition coefficient (Wildman–Crippen LogP) is 10.8. The summed E-state index contributed by atoms with van der Waals surface area (Å²) in [5, 5.41) is 47.1. The van der Waals surface area contributed by atoms with Gasteiger partial charge in [0.2, 0.25) is 11.6 Å². The Morgan fingerprint density at radius 3 is 2.03 bits per heavy atom. The molecule has 5 rings (SSSR count). The quantitative estimate of drug-likeness (QED) is 0.0566. The minimum Gasteiger partial charge on any atom is -0.507 e. The first kappa shape index (κ1) is 43.0. The molecule has 0 amide bonds. The van der Waals surface area contributed by atoms with Gasteiger partial charge in [0.05, 0.1) is 18.2 Å². The van der Waals surface area contributed by atoms with Crippen LogP contribution in [-0.4, -0.2) is 51.5 Å². The zero-order valence-electron chi connectivity index (χ0n) is 34.7. The van der Waals surface area contributed by atoms with Gasteiger partial charge in [0.25, 0.3) is 0 Å². The molecule has 4 aromatic carbocycles.